The molecule has 0 fully saturated rings. The standard InChI is InChI=1S/C19H19BrN4O/c1-24-13-16(12-23-24)18-8-6-14(10-21-18)11-22-19(25)9-7-15-4-2-3-5-17(15)20/h2-6,8,10,12-13H,7,9,11H2,1H3,(H,22,25). The zero-order valence-electron chi connectivity index (χ0n) is 13.9. The highest BCUT2D eigenvalue weighted by Gasteiger charge is 2.06. The second-order valence-electron chi connectivity index (χ2n) is 5.82. The van der Waals surface area contributed by atoms with Gasteiger partial charge in [-0.25, -0.2) is 0 Å². The van der Waals surface area contributed by atoms with E-state index in [-0.39, 0.29) is 5.91 Å². The number of aryl methyl sites for hydroxylation is 2. The molecule has 5 nitrogen and oxygen atoms in total. The Balaban J connectivity index is 1.49. The Kier molecular flexibility index (Phi) is 5.60. The number of amides is 1. The minimum absolute atomic E-state index is 0.0343. The summed E-state index contributed by atoms with van der Waals surface area (Å²) < 4.78 is 2.79. The molecule has 0 atom stereocenters. The molecule has 3 aromatic rings. The molecule has 0 bridgehead atoms. The number of carbonyl (C=O) groups excluding carboxylic acids is 1. The van der Waals surface area contributed by atoms with Crippen LogP contribution >= 0.6 is 15.9 Å². The van der Waals surface area contributed by atoms with Crippen LogP contribution < -0.4 is 5.32 Å². The number of nitrogens with one attached hydrogen (secondary N) is 1. The van der Waals surface area contributed by atoms with E-state index < -0.39 is 0 Å². The van der Waals surface area contributed by atoms with Gasteiger partial charge in [-0.3, -0.25) is 14.5 Å². The first kappa shape index (κ1) is 17.4. The molecule has 2 heterocycles. The van der Waals surface area contributed by atoms with Crippen LogP contribution in [0.1, 0.15) is 17.5 Å². The van der Waals surface area contributed by atoms with E-state index in [2.05, 4.69) is 31.3 Å². The molecule has 3 rings (SSSR count). The molecule has 0 saturated heterocycles. The van der Waals surface area contributed by atoms with Crippen LogP contribution in [0.4, 0.5) is 0 Å². The first-order valence-corrected chi connectivity index (χ1v) is 8.85. The van der Waals surface area contributed by atoms with Gasteiger partial charge in [0.15, 0.2) is 0 Å². The summed E-state index contributed by atoms with van der Waals surface area (Å²) in [6.45, 7) is 0.481. The van der Waals surface area contributed by atoms with E-state index in [1.165, 1.54) is 0 Å². The molecule has 0 unspecified atom stereocenters. The molecule has 0 spiro atoms. The molecule has 0 saturated carbocycles. The molecular formula is C19H19BrN4O. The van der Waals surface area contributed by atoms with Crippen molar-refractivity contribution in [3.05, 3.63) is 70.6 Å². The number of hydrogen-bond acceptors (Lipinski definition) is 3. The molecule has 0 radical (unpaired) electrons. The Bertz CT molecular complexity index is 858. The van der Waals surface area contributed by atoms with Gasteiger partial charge in [-0.05, 0) is 29.7 Å². The van der Waals surface area contributed by atoms with Crippen molar-refractivity contribution in [2.75, 3.05) is 0 Å². The minimum Gasteiger partial charge on any atom is -0.352 e. The molecule has 2 aromatic heterocycles. The number of rotatable bonds is 6. The molecule has 6 heteroatoms. The molecule has 0 aliphatic rings. The number of aromatic nitrogens is 3. The Hall–Kier alpha value is -2.47. The lowest BCUT2D eigenvalue weighted by molar-refractivity contribution is -0.121. The zero-order chi connectivity index (χ0) is 17.6. The van der Waals surface area contributed by atoms with Gasteiger partial charge in [-0.1, -0.05) is 40.2 Å². The van der Waals surface area contributed by atoms with Crippen molar-refractivity contribution in [3.8, 4) is 11.3 Å². The second-order valence-corrected chi connectivity index (χ2v) is 6.68. The van der Waals surface area contributed by atoms with Gasteiger partial charge >= 0.3 is 0 Å². The Morgan fingerprint density at radius 3 is 2.72 bits per heavy atom. The topological polar surface area (TPSA) is 59.8 Å². The van der Waals surface area contributed by atoms with Gasteiger partial charge in [-0.2, -0.15) is 5.10 Å². The van der Waals surface area contributed by atoms with Crippen LogP contribution in [0.5, 0.6) is 0 Å². The van der Waals surface area contributed by atoms with Gasteiger partial charge in [0.05, 0.1) is 11.9 Å². The quantitative estimate of drug-likeness (QED) is 0.690. The molecule has 1 aromatic carbocycles. The van der Waals surface area contributed by atoms with Gasteiger partial charge in [0, 0.05) is 42.4 Å². The number of nitrogens with zero attached hydrogens (tertiary/aromatic N) is 3. The molecule has 0 aliphatic carbocycles. The van der Waals surface area contributed by atoms with Crippen LogP contribution in [0.2, 0.25) is 0 Å². The summed E-state index contributed by atoms with van der Waals surface area (Å²) in [6, 6.07) is 11.9. The van der Waals surface area contributed by atoms with E-state index in [9.17, 15) is 4.79 Å². The van der Waals surface area contributed by atoms with Gasteiger partial charge < -0.3 is 5.32 Å². The van der Waals surface area contributed by atoms with Gasteiger partial charge in [0.2, 0.25) is 5.91 Å². The van der Waals surface area contributed by atoms with Gasteiger partial charge in [-0.15, -0.1) is 0 Å². The summed E-state index contributed by atoms with van der Waals surface area (Å²) >= 11 is 3.50. The molecule has 1 amide bonds. The summed E-state index contributed by atoms with van der Waals surface area (Å²) in [6.07, 6.45) is 6.67. The van der Waals surface area contributed by atoms with Crippen LogP contribution in [-0.2, 0) is 24.8 Å². The van der Waals surface area contributed by atoms with Crippen molar-refractivity contribution < 1.29 is 4.79 Å². The first-order valence-electron chi connectivity index (χ1n) is 8.06. The lowest BCUT2D eigenvalue weighted by Crippen LogP contribution is -2.23. The fourth-order valence-electron chi connectivity index (χ4n) is 2.49. The summed E-state index contributed by atoms with van der Waals surface area (Å²) in [5.74, 6) is 0.0343. The van der Waals surface area contributed by atoms with Crippen LogP contribution in [0.15, 0.2) is 59.5 Å². The van der Waals surface area contributed by atoms with Crippen LogP contribution in [0.25, 0.3) is 11.3 Å². The Morgan fingerprint density at radius 1 is 1.20 bits per heavy atom. The van der Waals surface area contributed by atoms with Gasteiger partial charge in [0.25, 0.3) is 0 Å². The summed E-state index contributed by atoms with van der Waals surface area (Å²) in [5.41, 5.74) is 3.96. The van der Waals surface area contributed by atoms with Crippen molar-refractivity contribution in [3.63, 3.8) is 0 Å². The normalized spacial score (nSPS) is 10.6. The molecule has 128 valence electrons. The third-order valence-corrected chi connectivity index (χ3v) is 4.67. The number of hydrogen-bond donors (Lipinski definition) is 1. The predicted octanol–water partition coefficient (Wildman–Crippen LogP) is 3.49. The minimum atomic E-state index is 0.0343. The van der Waals surface area contributed by atoms with Crippen molar-refractivity contribution in [2.24, 2.45) is 7.05 Å². The third kappa shape index (κ3) is 4.76. The van der Waals surface area contributed by atoms with E-state index in [0.717, 1.165) is 26.9 Å². The SMILES string of the molecule is Cn1cc(-c2ccc(CNC(=O)CCc3ccccc3Br)cn2)cn1. The monoisotopic (exact) mass is 398 g/mol. The zero-order valence-corrected chi connectivity index (χ0v) is 15.5. The Morgan fingerprint density at radius 2 is 2.04 bits per heavy atom. The van der Waals surface area contributed by atoms with Crippen molar-refractivity contribution in [1.29, 1.82) is 0 Å². The van der Waals surface area contributed by atoms with Crippen LogP contribution in [-0.4, -0.2) is 20.7 Å². The average molecular weight is 399 g/mol. The van der Waals surface area contributed by atoms with Crippen LogP contribution in [0, 0.1) is 0 Å². The average Bonchev–Trinajstić information content (AvgIpc) is 3.06. The summed E-state index contributed by atoms with van der Waals surface area (Å²) in [7, 11) is 1.88. The number of pyridine rings is 1. The fourth-order valence-corrected chi connectivity index (χ4v) is 2.97. The molecular weight excluding hydrogens is 380 g/mol. The van der Waals surface area contributed by atoms with Crippen molar-refractivity contribution in [2.45, 2.75) is 19.4 Å². The first-order chi connectivity index (χ1) is 12.1. The van der Waals surface area contributed by atoms with Crippen LogP contribution in [0.3, 0.4) is 0 Å². The maximum atomic E-state index is 12.0. The number of carbonyl (C=O) groups is 1. The predicted molar refractivity (Wildman–Crippen MR) is 101 cm³/mol. The summed E-state index contributed by atoms with van der Waals surface area (Å²) in [5, 5.41) is 7.08. The lowest BCUT2D eigenvalue weighted by Gasteiger charge is -2.07. The van der Waals surface area contributed by atoms with E-state index in [0.29, 0.717) is 19.4 Å². The third-order valence-electron chi connectivity index (χ3n) is 3.89. The maximum Gasteiger partial charge on any atom is 0.220 e. The Labute approximate surface area is 155 Å². The van der Waals surface area contributed by atoms with E-state index >= 15 is 0 Å². The lowest BCUT2D eigenvalue weighted by atomic mass is 10.1. The van der Waals surface area contributed by atoms with E-state index in [1.54, 1.807) is 17.1 Å². The highest BCUT2D eigenvalue weighted by molar-refractivity contribution is 9.10. The maximum absolute atomic E-state index is 12.0. The van der Waals surface area contributed by atoms with Gasteiger partial charge in [0.1, 0.15) is 0 Å². The fraction of sp³-hybridized carbons (Fsp3) is 0.211. The molecule has 25 heavy (non-hydrogen) atoms. The highest BCUT2D eigenvalue weighted by atomic mass is 79.9. The van der Waals surface area contributed by atoms with Crippen molar-refractivity contribution in [1.82, 2.24) is 20.1 Å². The summed E-state index contributed by atoms with van der Waals surface area (Å²) in [4.78, 5) is 16.5. The largest absolute Gasteiger partial charge is 0.352 e. The number of benzene rings is 1. The highest BCUT2D eigenvalue weighted by Crippen LogP contribution is 2.17. The molecule has 1 N–H and O–H groups in total. The molecule has 0 aliphatic heterocycles. The van der Waals surface area contributed by atoms with Crippen molar-refractivity contribution >= 4 is 21.8 Å². The smallest absolute Gasteiger partial charge is 0.220 e. The van der Waals surface area contributed by atoms with E-state index in [1.807, 2.05) is 49.6 Å². The number of halogens is 1. The van der Waals surface area contributed by atoms with E-state index in [4.69, 9.17) is 0 Å². The second kappa shape index (κ2) is 8.07.